The Morgan fingerprint density at radius 2 is 0.830 bits per heavy atom. The number of nitrogens with one attached hydrogen (secondary N) is 2. The molecule has 8 heterocycles. The molecule has 0 saturated carbocycles. The minimum atomic E-state index is -0.418. The van der Waals surface area contributed by atoms with Crippen LogP contribution in [0.25, 0.3) is 0 Å². The summed E-state index contributed by atoms with van der Waals surface area (Å²) >= 11 is 0. The van der Waals surface area contributed by atoms with Crippen molar-refractivity contribution in [2.45, 2.75) is 192 Å². The molecule has 0 unspecified atom stereocenters. The maximum atomic E-state index is 14.5. The zero-order valence-electron chi connectivity index (χ0n) is 58.1. The van der Waals surface area contributed by atoms with Gasteiger partial charge in [-0.2, -0.15) is 0 Å². The van der Waals surface area contributed by atoms with Crippen LogP contribution in [0, 0.1) is 11.6 Å². The van der Waals surface area contributed by atoms with Crippen LogP contribution in [0.3, 0.4) is 0 Å². The lowest BCUT2D eigenvalue weighted by molar-refractivity contribution is -0.135. The van der Waals surface area contributed by atoms with E-state index in [9.17, 15) is 37.5 Å². The molecule has 10 rings (SSSR count). The number of hydrogen-bond donors (Lipinski definition) is 2. The predicted octanol–water partition coefficient (Wildman–Crippen LogP) is 7.56. The number of carbonyl (C=O) groups excluding carboxylic acids is 4. The van der Waals surface area contributed by atoms with Gasteiger partial charge >= 0.3 is 0 Å². The summed E-state index contributed by atoms with van der Waals surface area (Å²) in [5.74, 6) is -0.113. The van der Waals surface area contributed by atoms with Gasteiger partial charge in [0.05, 0.1) is 35.9 Å². The van der Waals surface area contributed by atoms with Crippen LogP contribution in [0.5, 0.6) is 0 Å². The standard InChI is InChI=1S/C74H108F2N12O6/c1-51-41-85(47-67(91)87-49-73(5,6)69-63(87)37-57(71(93)79(69)9)35-55-23-27-59(75)28-24-55)61(39-77-51)45-81-31-33-83(43-53(81)3)65(89)21-19-17-15-13-11-12-14-16-18-20-22-66(90)84-34-32-82(54(4)44-84)46-62-40-78-52(2)42-86(62)48-68(92)88-50-74(7,8)70-64(88)38-58(72(94)80(70)10)36-56-25-29-60(76)30-26-56/h23-30,37-38,51-54,61-62,77-78H,11-22,31-36,39-50H2,1-10H3/t51-,52-,53-,54-,61-,62-/m1/s1. The van der Waals surface area contributed by atoms with Gasteiger partial charge < -0.3 is 39.4 Å². The number of pyridine rings is 2. The van der Waals surface area contributed by atoms with Crippen LogP contribution in [-0.2, 0) is 56.9 Å². The largest absolute Gasteiger partial charge is 0.340 e. The second-order valence-corrected chi connectivity index (χ2v) is 30.1. The molecular weight excluding hydrogens is 1190 g/mol. The van der Waals surface area contributed by atoms with Crippen molar-refractivity contribution in [3.63, 3.8) is 0 Å². The average molecular weight is 1300 g/mol. The van der Waals surface area contributed by atoms with Crippen LogP contribution in [0.4, 0.5) is 20.2 Å². The summed E-state index contributed by atoms with van der Waals surface area (Å²) in [6.07, 6.45) is 12.9. The number of hydrogen-bond acceptors (Lipinski definition) is 12. The first-order valence-electron chi connectivity index (χ1n) is 35.4. The van der Waals surface area contributed by atoms with Crippen molar-refractivity contribution in [1.82, 2.24) is 49.2 Å². The molecule has 4 saturated heterocycles. The third kappa shape index (κ3) is 17.0. The van der Waals surface area contributed by atoms with Crippen LogP contribution >= 0.6 is 0 Å². The second kappa shape index (κ2) is 30.9. The molecule has 0 aliphatic carbocycles. The lowest BCUT2D eigenvalue weighted by Crippen LogP contribution is -2.63. The van der Waals surface area contributed by atoms with Gasteiger partial charge in [-0.05, 0) is 88.1 Å². The molecule has 2 aromatic heterocycles. The molecule has 6 aliphatic rings. The molecule has 18 nitrogen and oxygen atoms in total. The number of fused-ring (bicyclic) bond motifs is 2. The van der Waals surface area contributed by atoms with E-state index in [1.165, 1.54) is 49.9 Å². The molecule has 0 bridgehead atoms. The zero-order chi connectivity index (χ0) is 67.2. The van der Waals surface area contributed by atoms with Gasteiger partial charge in [-0.15, -0.1) is 0 Å². The molecule has 2 N–H and O–H groups in total. The number of piperazine rings is 4. The van der Waals surface area contributed by atoms with Crippen LogP contribution in [-0.4, -0.2) is 203 Å². The van der Waals surface area contributed by atoms with Gasteiger partial charge in [0.2, 0.25) is 23.6 Å². The summed E-state index contributed by atoms with van der Waals surface area (Å²) in [6.45, 7) is 27.6. The van der Waals surface area contributed by atoms with E-state index < -0.39 is 10.8 Å². The first-order chi connectivity index (χ1) is 44.8. The Morgan fingerprint density at radius 3 is 1.18 bits per heavy atom. The smallest absolute Gasteiger partial charge is 0.254 e. The first kappa shape index (κ1) is 70.6. The molecule has 6 aliphatic heterocycles. The molecule has 20 heteroatoms. The summed E-state index contributed by atoms with van der Waals surface area (Å²) in [5, 5.41) is 7.32. The van der Waals surface area contributed by atoms with Crippen molar-refractivity contribution in [3.8, 4) is 0 Å². The van der Waals surface area contributed by atoms with E-state index >= 15 is 0 Å². The molecule has 0 spiro atoms. The summed E-state index contributed by atoms with van der Waals surface area (Å²) < 4.78 is 30.8. The van der Waals surface area contributed by atoms with Crippen molar-refractivity contribution >= 4 is 35.0 Å². The molecule has 2 aromatic carbocycles. The Hall–Kier alpha value is -6.16. The second-order valence-electron chi connectivity index (χ2n) is 30.1. The molecule has 94 heavy (non-hydrogen) atoms. The predicted molar refractivity (Wildman–Crippen MR) is 369 cm³/mol. The lowest BCUT2D eigenvalue weighted by atomic mass is 9.90. The number of aromatic nitrogens is 2. The molecular formula is C74H108F2N12O6. The van der Waals surface area contributed by atoms with E-state index in [1.807, 2.05) is 21.9 Å². The number of carbonyl (C=O) groups is 4. The van der Waals surface area contributed by atoms with E-state index in [0.29, 0.717) is 76.1 Å². The third-order valence-corrected chi connectivity index (χ3v) is 21.4. The van der Waals surface area contributed by atoms with Gasteiger partial charge in [-0.25, -0.2) is 8.78 Å². The number of benzene rings is 2. The Kier molecular flexibility index (Phi) is 23.2. The normalized spacial score (nSPS) is 23.4. The number of amides is 4. The zero-order valence-corrected chi connectivity index (χ0v) is 58.1. The summed E-state index contributed by atoms with van der Waals surface area (Å²) in [4.78, 5) is 101. The topological polar surface area (TPSA) is 162 Å². The Labute approximate surface area is 557 Å². The fraction of sp³-hybridized carbons (Fsp3) is 0.649. The monoisotopic (exact) mass is 1300 g/mol. The van der Waals surface area contributed by atoms with E-state index in [2.05, 4.69) is 95.4 Å². The SMILES string of the molecule is C[C@@H]1CN(CC(=O)N2CC(C)(C)c3c2cc(Cc2ccc(F)cc2)c(=O)n3C)[C@@H](CN2CCN(C(=O)CCCCCCCCCCCCC(=O)N3CCN(C[C@H]4CN[C@H](C)CN4CC(=O)N4CC(C)(C)c5c4cc(Cc4ccc(F)cc4)c(=O)n5C)[C@H](C)C3)C[C@H]2C)CN1. The highest BCUT2D eigenvalue weighted by Gasteiger charge is 2.45. The van der Waals surface area contributed by atoms with Crippen molar-refractivity contribution in [2.24, 2.45) is 14.1 Å². The van der Waals surface area contributed by atoms with Gasteiger partial charge in [-0.1, -0.05) is 103 Å². The van der Waals surface area contributed by atoms with Crippen molar-refractivity contribution in [2.75, 3.05) is 115 Å². The fourth-order valence-corrected chi connectivity index (χ4v) is 16.2. The fourth-order valence-electron chi connectivity index (χ4n) is 16.2. The van der Waals surface area contributed by atoms with Gasteiger partial charge in [0.15, 0.2) is 0 Å². The summed E-state index contributed by atoms with van der Waals surface area (Å²) in [6, 6.07) is 17.3. The third-order valence-electron chi connectivity index (χ3n) is 21.4. The number of nitrogens with zero attached hydrogens (tertiary/aromatic N) is 10. The molecule has 0 radical (unpaired) electrons. The lowest BCUT2D eigenvalue weighted by Gasteiger charge is -2.45. The van der Waals surface area contributed by atoms with Crippen LogP contribution < -0.4 is 31.6 Å². The van der Waals surface area contributed by atoms with Gasteiger partial charge in [0.25, 0.3) is 11.1 Å². The van der Waals surface area contributed by atoms with Crippen LogP contribution in [0.1, 0.15) is 166 Å². The van der Waals surface area contributed by atoms with Gasteiger partial charge in [0, 0.05) is 190 Å². The number of rotatable bonds is 25. The maximum absolute atomic E-state index is 14.5. The summed E-state index contributed by atoms with van der Waals surface area (Å²) in [5.41, 5.74) is 5.05. The van der Waals surface area contributed by atoms with Crippen LogP contribution in [0.2, 0.25) is 0 Å². The number of anilines is 2. The van der Waals surface area contributed by atoms with Gasteiger partial charge in [-0.3, -0.25) is 48.4 Å². The quantitative estimate of drug-likeness (QED) is 0.0628. The van der Waals surface area contributed by atoms with Gasteiger partial charge in [0.1, 0.15) is 11.6 Å². The highest BCUT2D eigenvalue weighted by molar-refractivity contribution is 5.98. The van der Waals surface area contributed by atoms with E-state index in [-0.39, 0.29) is 95.7 Å². The van der Waals surface area contributed by atoms with E-state index in [1.54, 1.807) is 47.5 Å². The Morgan fingerprint density at radius 1 is 0.479 bits per heavy atom. The number of unbranched alkanes of at least 4 members (excludes halogenated alkanes) is 9. The average Bonchev–Trinajstić information content (AvgIpc) is 1.59. The highest BCUT2D eigenvalue weighted by atomic mass is 19.1. The Bertz CT molecular complexity index is 3200. The minimum absolute atomic E-state index is 0.0170. The maximum Gasteiger partial charge on any atom is 0.254 e. The Balaban J connectivity index is 0.580. The molecule has 4 amide bonds. The van der Waals surface area contributed by atoms with Crippen molar-refractivity contribution < 1.29 is 28.0 Å². The van der Waals surface area contributed by atoms with E-state index in [4.69, 9.17) is 0 Å². The van der Waals surface area contributed by atoms with Crippen molar-refractivity contribution in [1.29, 1.82) is 0 Å². The molecule has 4 fully saturated rings. The van der Waals surface area contributed by atoms with E-state index in [0.717, 1.165) is 125 Å². The molecule has 4 aromatic rings. The molecule has 6 atom stereocenters. The minimum Gasteiger partial charge on any atom is -0.340 e. The summed E-state index contributed by atoms with van der Waals surface area (Å²) in [7, 11) is 3.58. The first-order valence-corrected chi connectivity index (χ1v) is 35.4. The molecule has 514 valence electrons. The van der Waals surface area contributed by atoms with Crippen molar-refractivity contribution in [3.05, 3.63) is 127 Å². The highest BCUT2D eigenvalue weighted by Crippen LogP contribution is 2.42. The number of halogens is 2. The van der Waals surface area contributed by atoms with Crippen LogP contribution in [0.15, 0.2) is 70.3 Å².